The van der Waals surface area contributed by atoms with Crippen molar-refractivity contribution in [1.82, 2.24) is 0 Å². The number of nitriles is 1. The largest absolute Gasteiger partial charge is 0.398 e. The molecule has 0 atom stereocenters. The lowest BCUT2D eigenvalue weighted by molar-refractivity contribution is 1.38. The molecule has 0 amide bonds. The number of anilines is 1. The van der Waals surface area contributed by atoms with Crippen molar-refractivity contribution in [3.05, 3.63) is 78.4 Å². The second kappa shape index (κ2) is 6.38. The molecule has 22 heavy (non-hydrogen) atoms. The van der Waals surface area contributed by atoms with Crippen LogP contribution >= 0.6 is 11.8 Å². The average Bonchev–Trinajstić information content (AvgIpc) is 2.58. The minimum absolute atomic E-state index is 0.516. The van der Waals surface area contributed by atoms with E-state index in [4.69, 9.17) is 11.0 Å². The van der Waals surface area contributed by atoms with Crippen molar-refractivity contribution in [3.63, 3.8) is 0 Å². The highest BCUT2D eigenvalue weighted by Gasteiger charge is 2.07. The van der Waals surface area contributed by atoms with Gasteiger partial charge in [0.05, 0.1) is 5.56 Å². The molecule has 106 valence electrons. The predicted molar refractivity (Wildman–Crippen MR) is 91.6 cm³/mol. The van der Waals surface area contributed by atoms with Crippen molar-refractivity contribution in [2.45, 2.75) is 9.79 Å². The molecule has 0 aliphatic carbocycles. The molecule has 0 spiro atoms. The smallest absolute Gasteiger partial charge is 0.101 e. The standard InChI is InChI=1S/C19H14N2S/c20-13-15-12-16(10-11-18(15)21)22-19-9-5-4-8-17(19)14-6-2-1-3-7-14/h1-12H,21H2. The zero-order valence-corrected chi connectivity index (χ0v) is 12.7. The molecule has 0 aliphatic heterocycles. The fraction of sp³-hybridized carbons (Fsp3) is 0. The van der Waals surface area contributed by atoms with Crippen LogP contribution in [0.15, 0.2) is 82.6 Å². The lowest BCUT2D eigenvalue weighted by Gasteiger charge is -2.10. The van der Waals surface area contributed by atoms with Crippen molar-refractivity contribution < 1.29 is 0 Å². The molecule has 3 heteroatoms. The van der Waals surface area contributed by atoms with Crippen LogP contribution in [0.4, 0.5) is 5.69 Å². The van der Waals surface area contributed by atoms with Crippen LogP contribution in [0.2, 0.25) is 0 Å². The van der Waals surface area contributed by atoms with E-state index < -0.39 is 0 Å². The first-order valence-corrected chi connectivity index (χ1v) is 7.71. The van der Waals surface area contributed by atoms with E-state index >= 15 is 0 Å². The van der Waals surface area contributed by atoms with Gasteiger partial charge in [-0.05, 0) is 35.4 Å². The van der Waals surface area contributed by atoms with Gasteiger partial charge in [-0.25, -0.2) is 0 Å². The summed E-state index contributed by atoms with van der Waals surface area (Å²) in [4.78, 5) is 2.16. The fourth-order valence-electron chi connectivity index (χ4n) is 2.23. The maximum atomic E-state index is 9.10. The maximum Gasteiger partial charge on any atom is 0.101 e. The van der Waals surface area contributed by atoms with Crippen LogP contribution in [0.5, 0.6) is 0 Å². The average molecular weight is 302 g/mol. The Labute approximate surface area is 134 Å². The first kappa shape index (κ1) is 14.2. The van der Waals surface area contributed by atoms with E-state index in [0.29, 0.717) is 11.3 Å². The second-order valence-corrected chi connectivity index (χ2v) is 5.94. The summed E-state index contributed by atoms with van der Waals surface area (Å²) in [6.45, 7) is 0. The molecule has 0 saturated carbocycles. The molecule has 3 rings (SSSR count). The number of nitrogens with zero attached hydrogens (tertiary/aromatic N) is 1. The number of benzene rings is 3. The van der Waals surface area contributed by atoms with Crippen molar-refractivity contribution in [1.29, 1.82) is 5.26 Å². The van der Waals surface area contributed by atoms with Crippen LogP contribution in [-0.4, -0.2) is 0 Å². The minimum atomic E-state index is 0.516. The molecule has 0 unspecified atom stereocenters. The van der Waals surface area contributed by atoms with Gasteiger partial charge in [-0.3, -0.25) is 0 Å². The Morgan fingerprint density at radius 1 is 0.864 bits per heavy atom. The molecular weight excluding hydrogens is 288 g/mol. The van der Waals surface area contributed by atoms with Crippen LogP contribution in [-0.2, 0) is 0 Å². The molecule has 0 aromatic heterocycles. The lowest BCUT2D eigenvalue weighted by Crippen LogP contribution is -1.90. The Morgan fingerprint density at radius 3 is 2.36 bits per heavy atom. The molecule has 3 aromatic rings. The molecule has 2 N–H and O–H groups in total. The molecule has 0 bridgehead atoms. The Bertz CT molecular complexity index is 836. The van der Waals surface area contributed by atoms with Crippen LogP contribution in [0.25, 0.3) is 11.1 Å². The molecule has 0 heterocycles. The summed E-state index contributed by atoms with van der Waals surface area (Å²) in [7, 11) is 0. The highest BCUT2D eigenvalue weighted by molar-refractivity contribution is 7.99. The summed E-state index contributed by atoms with van der Waals surface area (Å²) in [5.41, 5.74) is 9.18. The Kier molecular flexibility index (Phi) is 4.13. The summed E-state index contributed by atoms with van der Waals surface area (Å²) in [6.07, 6.45) is 0. The van der Waals surface area contributed by atoms with Crippen molar-refractivity contribution in [3.8, 4) is 17.2 Å². The molecule has 0 radical (unpaired) electrons. The fourth-order valence-corrected chi connectivity index (χ4v) is 3.24. The Hall–Kier alpha value is -2.70. The molecule has 0 fully saturated rings. The van der Waals surface area contributed by atoms with E-state index in [1.165, 1.54) is 11.1 Å². The van der Waals surface area contributed by atoms with E-state index in [1.54, 1.807) is 17.8 Å². The maximum absolute atomic E-state index is 9.10. The first-order valence-electron chi connectivity index (χ1n) is 6.90. The number of hydrogen-bond acceptors (Lipinski definition) is 3. The zero-order valence-electron chi connectivity index (χ0n) is 11.9. The lowest BCUT2D eigenvalue weighted by atomic mass is 10.1. The van der Waals surface area contributed by atoms with Crippen molar-refractivity contribution >= 4 is 17.4 Å². The summed E-state index contributed by atoms with van der Waals surface area (Å²) in [5.74, 6) is 0. The molecule has 0 saturated heterocycles. The topological polar surface area (TPSA) is 49.8 Å². The van der Waals surface area contributed by atoms with Crippen LogP contribution < -0.4 is 5.73 Å². The predicted octanol–water partition coefficient (Wildman–Crippen LogP) is 4.96. The van der Waals surface area contributed by atoms with Gasteiger partial charge in [0.25, 0.3) is 0 Å². The zero-order chi connectivity index (χ0) is 15.4. The van der Waals surface area contributed by atoms with Gasteiger partial charge in [0.1, 0.15) is 6.07 Å². The monoisotopic (exact) mass is 302 g/mol. The normalized spacial score (nSPS) is 10.1. The summed E-state index contributed by atoms with van der Waals surface area (Å²) >= 11 is 1.64. The highest BCUT2D eigenvalue weighted by Crippen LogP contribution is 2.36. The van der Waals surface area contributed by atoms with Crippen LogP contribution in [0.3, 0.4) is 0 Å². The summed E-state index contributed by atoms with van der Waals surface area (Å²) in [5, 5.41) is 9.10. The number of rotatable bonds is 3. The van der Waals surface area contributed by atoms with Crippen LogP contribution in [0.1, 0.15) is 5.56 Å². The number of hydrogen-bond donors (Lipinski definition) is 1. The molecule has 0 aliphatic rings. The Balaban J connectivity index is 1.99. The van der Waals surface area contributed by atoms with Crippen molar-refractivity contribution in [2.24, 2.45) is 0 Å². The van der Waals surface area contributed by atoms with Crippen molar-refractivity contribution in [2.75, 3.05) is 5.73 Å². The molecule has 2 nitrogen and oxygen atoms in total. The number of nitrogens with two attached hydrogens (primary N) is 1. The van der Waals surface area contributed by atoms with E-state index in [9.17, 15) is 0 Å². The highest BCUT2D eigenvalue weighted by atomic mass is 32.2. The quantitative estimate of drug-likeness (QED) is 0.696. The third kappa shape index (κ3) is 2.98. The third-order valence-corrected chi connectivity index (χ3v) is 4.41. The van der Waals surface area contributed by atoms with Gasteiger partial charge in [0, 0.05) is 15.5 Å². The minimum Gasteiger partial charge on any atom is -0.398 e. The van der Waals surface area contributed by atoms with Gasteiger partial charge in [-0.1, -0.05) is 60.3 Å². The van der Waals surface area contributed by atoms with E-state index in [1.807, 2.05) is 42.5 Å². The van der Waals surface area contributed by atoms with E-state index in [-0.39, 0.29) is 0 Å². The third-order valence-electron chi connectivity index (χ3n) is 3.34. The van der Waals surface area contributed by atoms with E-state index in [0.717, 1.165) is 9.79 Å². The van der Waals surface area contributed by atoms with Gasteiger partial charge in [-0.2, -0.15) is 5.26 Å². The van der Waals surface area contributed by atoms with Gasteiger partial charge in [-0.15, -0.1) is 0 Å². The second-order valence-electron chi connectivity index (χ2n) is 4.83. The Morgan fingerprint density at radius 2 is 1.59 bits per heavy atom. The summed E-state index contributed by atoms with van der Waals surface area (Å²) in [6, 6.07) is 26.2. The summed E-state index contributed by atoms with van der Waals surface area (Å²) < 4.78 is 0. The van der Waals surface area contributed by atoms with Gasteiger partial charge < -0.3 is 5.73 Å². The number of nitrogen functional groups attached to an aromatic ring is 1. The van der Waals surface area contributed by atoms with Crippen LogP contribution in [0, 0.1) is 11.3 Å². The molecular formula is C19H14N2S. The van der Waals surface area contributed by atoms with Gasteiger partial charge in [0.15, 0.2) is 0 Å². The SMILES string of the molecule is N#Cc1cc(Sc2ccccc2-c2ccccc2)ccc1N. The van der Waals surface area contributed by atoms with Gasteiger partial charge >= 0.3 is 0 Å². The molecule has 3 aromatic carbocycles. The first-order chi connectivity index (χ1) is 10.8. The van der Waals surface area contributed by atoms with E-state index in [2.05, 4.69) is 30.3 Å². The van der Waals surface area contributed by atoms with Gasteiger partial charge in [0.2, 0.25) is 0 Å².